The number of likely N-dealkylation sites (tertiary alicyclic amines) is 1. The van der Waals surface area contributed by atoms with E-state index < -0.39 is 11.8 Å². The van der Waals surface area contributed by atoms with E-state index in [0.29, 0.717) is 49.6 Å². The third-order valence-electron chi connectivity index (χ3n) is 5.02. The summed E-state index contributed by atoms with van der Waals surface area (Å²) in [6.45, 7) is 2.78. The first-order valence-corrected chi connectivity index (χ1v) is 10.4. The first-order chi connectivity index (χ1) is 15.4. The molecule has 9 heteroatoms. The predicted octanol–water partition coefficient (Wildman–Crippen LogP) is 2.61. The normalized spacial score (nSPS) is 13.7. The second-order valence-electron chi connectivity index (χ2n) is 7.54. The minimum absolute atomic E-state index is 0.163. The lowest BCUT2D eigenvalue weighted by Crippen LogP contribution is -2.44. The zero-order chi connectivity index (χ0) is 22.9. The van der Waals surface area contributed by atoms with Crippen molar-refractivity contribution in [2.45, 2.75) is 19.8 Å². The Morgan fingerprint density at radius 1 is 0.906 bits per heavy atom. The maximum Gasteiger partial charge on any atom is 0.415 e. The molecule has 32 heavy (non-hydrogen) atoms. The lowest BCUT2D eigenvalue weighted by molar-refractivity contribution is -0.136. The molecule has 0 atom stereocenters. The van der Waals surface area contributed by atoms with Crippen LogP contribution in [0.4, 0.5) is 16.2 Å². The highest BCUT2D eigenvalue weighted by Crippen LogP contribution is 2.19. The summed E-state index contributed by atoms with van der Waals surface area (Å²) >= 11 is 0. The monoisotopic (exact) mass is 438 g/mol. The van der Waals surface area contributed by atoms with Gasteiger partial charge in [0.25, 0.3) is 0 Å². The molecule has 1 aliphatic heterocycles. The molecule has 0 aromatic heterocycles. The second-order valence-corrected chi connectivity index (χ2v) is 7.54. The number of carbonyl (C=O) groups is 4. The number of nitrogens with one attached hydrogen (secondary N) is 3. The van der Waals surface area contributed by atoms with Crippen LogP contribution in [0.25, 0.3) is 0 Å². The summed E-state index contributed by atoms with van der Waals surface area (Å²) in [5.74, 6) is -1.09. The fourth-order valence-corrected chi connectivity index (χ4v) is 3.36. The molecule has 0 radical (unpaired) electrons. The second kappa shape index (κ2) is 10.9. The van der Waals surface area contributed by atoms with Gasteiger partial charge >= 0.3 is 17.9 Å². The molecule has 0 saturated carbocycles. The van der Waals surface area contributed by atoms with Crippen molar-refractivity contribution in [2.75, 3.05) is 30.3 Å². The summed E-state index contributed by atoms with van der Waals surface area (Å²) < 4.78 is 5.35. The van der Waals surface area contributed by atoms with Crippen LogP contribution in [-0.2, 0) is 14.4 Å². The van der Waals surface area contributed by atoms with Crippen LogP contribution in [0.5, 0.6) is 5.75 Å². The van der Waals surface area contributed by atoms with Gasteiger partial charge in [-0.2, -0.15) is 0 Å². The zero-order valence-corrected chi connectivity index (χ0v) is 17.8. The molecule has 0 spiro atoms. The first-order valence-electron chi connectivity index (χ1n) is 10.4. The third-order valence-corrected chi connectivity index (χ3v) is 5.02. The van der Waals surface area contributed by atoms with Gasteiger partial charge in [-0.05, 0) is 49.1 Å². The Morgan fingerprint density at radius 3 is 2.22 bits per heavy atom. The van der Waals surface area contributed by atoms with Crippen molar-refractivity contribution in [2.24, 2.45) is 5.92 Å². The number of ether oxygens (including phenoxy) is 1. The van der Waals surface area contributed by atoms with E-state index in [9.17, 15) is 19.2 Å². The average Bonchev–Trinajstić information content (AvgIpc) is 2.78. The molecule has 1 aliphatic rings. The number of nitrogens with zero attached hydrogens (tertiary/aromatic N) is 1. The highest BCUT2D eigenvalue weighted by Gasteiger charge is 2.25. The van der Waals surface area contributed by atoms with Gasteiger partial charge in [-0.25, -0.2) is 4.79 Å². The predicted molar refractivity (Wildman–Crippen MR) is 119 cm³/mol. The van der Waals surface area contributed by atoms with Crippen molar-refractivity contribution >= 4 is 35.2 Å². The Morgan fingerprint density at radius 2 is 1.56 bits per heavy atom. The Labute approximate surface area is 186 Å². The molecular weight excluding hydrogens is 412 g/mol. The summed E-state index contributed by atoms with van der Waals surface area (Å²) in [7, 11) is 0. The Kier molecular flexibility index (Phi) is 7.80. The number of anilines is 2. The number of benzene rings is 2. The molecule has 1 fully saturated rings. The molecular formula is C23H26N4O5. The van der Waals surface area contributed by atoms with E-state index in [-0.39, 0.29) is 17.9 Å². The SMILES string of the molecule is CC(=O)Nc1cccc(NC(=O)C(=O)NCC2CCN(C(=O)Oc3ccccc3)CC2)c1. The van der Waals surface area contributed by atoms with Crippen LogP contribution in [0.2, 0.25) is 0 Å². The van der Waals surface area contributed by atoms with Crippen molar-refractivity contribution in [1.82, 2.24) is 10.2 Å². The third kappa shape index (κ3) is 6.83. The van der Waals surface area contributed by atoms with Gasteiger partial charge in [-0.1, -0.05) is 24.3 Å². The number of rotatable bonds is 5. The summed E-state index contributed by atoms with van der Waals surface area (Å²) in [4.78, 5) is 49.3. The van der Waals surface area contributed by atoms with E-state index in [1.165, 1.54) is 6.92 Å². The van der Waals surface area contributed by atoms with Crippen molar-refractivity contribution in [3.8, 4) is 5.75 Å². The zero-order valence-electron chi connectivity index (χ0n) is 17.8. The van der Waals surface area contributed by atoms with Gasteiger partial charge < -0.3 is 25.6 Å². The van der Waals surface area contributed by atoms with Crippen LogP contribution < -0.4 is 20.7 Å². The molecule has 0 aliphatic carbocycles. The highest BCUT2D eigenvalue weighted by molar-refractivity contribution is 6.39. The molecule has 3 rings (SSSR count). The Hall–Kier alpha value is -3.88. The number of hydrogen-bond acceptors (Lipinski definition) is 5. The van der Waals surface area contributed by atoms with Gasteiger partial charge in [0.15, 0.2) is 0 Å². The maximum atomic E-state index is 12.2. The van der Waals surface area contributed by atoms with Gasteiger partial charge in [0.05, 0.1) is 0 Å². The highest BCUT2D eigenvalue weighted by atomic mass is 16.6. The molecule has 0 bridgehead atoms. The molecule has 3 N–H and O–H groups in total. The minimum atomic E-state index is -0.783. The fourth-order valence-electron chi connectivity index (χ4n) is 3.36. The Balaban J connectivity index is 1.39. The molecule has 1 heterocycles. The topological polar surface area (TPSA) is 117 Å². The molecule has 2 aromatic rings. The van der Waals surface area contributed by atoms with Gasteiger partial charge in [0, 0.05) is 37.9 Å². The summed E-state index contributed by atoms with van der Waals surface area (Å²) in [5.41, 5.74) is 0.926. The van der Waals surface area contributed by atoms with E-state index in [1.807, 2.05) is 6.07 Å². The largest absolute Gasteiger partial charge is 0.415 e. The Bertz CT molecular complexity index is 971. The lowest BCUT2D eigenvalue weighted by Gasteiger charge is -2.31. The minimum Gasteiger partial charge on any atom is -0.410 e. The van der Waals surface area contributed by atoms with Crippen molar-refractivity contribution in [3.63, 3.8) is 0 Å². The van der Waals surface area contributed by atoms with Gasteiger partial charge in [0.1, 0.15) is 5.75 Å². The van der Waals surface area contributed by atoms with E-state index >= 15 is 0 Å². The summed E-state index contributed by atoms with van der Waals surface area (Å²) in [6, 6.07) is 15.4. The molecule has 1 saturated heterocycles. The van der Waals surface area contributed by atoms with Crippen molar-refractivity contribution in [1.29, 1.82) is 0 Å². The maximum absolute atomic E-state index is 12.2. The number of hydrogen-bond donors (Lipinski definition) is 3. The van der Waals surface area contributed by atoms with Gasteiger partial charge in [-0.3, -0.25) is 14.4 Å². The van der Waals surface area contributed by atoms with E-state index in [0.717, 1.165) is 0 Å². The standard InChI is InChI=1S/C23H26N4O5/c1-16(28)25-18-6-5-7-19(14-18)26-22(30)21(29)24-15-17-10-12-27(13-11-17)23(31)32-20-8-3-2-4-9-20/h2-9,14,17H,10-13,15H2,1H3,(H,24,29)(H,25,28)(H,26,30). The smallest absolute Gasteiger partial charge is 0.410 e. The molecule has 0 unspecified atom stereocenters. The van der Waals surface area contributed by atoms with Crippen molar-refractivity contribution < 1.29 is 23.9 Å². The first kappa shape index (κ1) is 22.8. The van der Waals surface area contributed by atoms with Gasteiger partial charge in [0.2, 0.25) is 5.91 Å². The quantitative estimate of drug-likeness (QED) is 0.621. The van der Waals surface area contributed by atoms with Crippen LogP contribution in [0.15, 0.2) is 54.6 Å². The van der Waals surface area contributed by atoms with Crippen LogP contribution in [0.3, 0.4) is 0 Å². The molecule has 168 valence electrons. The molecule has 2 aromatic carbocycles. The number of para-hydroxylation sites is 1. The number of carbonyl (C=O) groups excluding carboxylic acids is 4. The van der Waals surface area contributed by atoms with Crippen LogP contribution in [-0.4, -0.2) is 48.3 Å². The van der Waals surface area contributed by atoms with Crippen molar-refractivity contribution in [3.05, 3.63) is 54.6 Å². The molecule has 9 nitrogen and oxygen atoms in total. The number of amides is 4. The summed E-state index contributed by atoms with van der Waals surface area (Å²) in [6.07, 6.45) is 1.01. The van der Waals surface area contributed by atoms with Crippen LogP contribution in [0.1, 0.15) is 19.8 Å². The van der Waals surface area contributed by atoms with Crippen LogP contribution >= 0.6 is 0 Å². The average molecular weight is 438 g/mol. The number of piperidine rings is 1. The summed E-state index contributed by atoms with van der Waals surface area (Å²) in [5, 5.41) is 7.78. The van der Waals surface area contributed by atoms with E-state index in [2.05, 4.69) is 16.0 Å². The van der Waals surface area contributed by atoms with E-state index in [4.69, 9.17) is 4.74 Å². The fraction of sp³-hybridized carbons (Fsp3) is 0.304. The van der Waals surface area contributed by atoms with Crippen LogP contribution in [0, 0.1) is 5.92 Å². The lowest BCUT2D eigenvalue weighted by atomic mass is 9.97. The van der Waals surface area contributed by atoms with Gasteiger partial charge in [-0.15, -0.1) is 0 Å². The van der Waals surface area contributed by atoms with E-state index in [1.54, 1.807) is 53.4 Å². The molecule has 4 amide bonds.